The quantitative estimate of drug-likeness (QED) is 0.487. The lowest BCUT2D eigenvalue weighted by atomic mass is 10.3. The first-order chi connectivity index (χ1) is 4.88. The molecule has 0 aliphatic heterocycles. The van der Waals surface area contributed by atoms with Gasteiger partial charge >= 0.3 is 0 Å². The van der Waals surface area contributed by atoms with Gasteiger partial charge in [-0.2, -0.15) is 0 Å². The lowest BCUT2D eigenvalue weighted by molar-refractivity contribution is 1.24. The molecular formula is C7H8N2Si. The fourth-order valence-electron chi connectivity index (χ4n) is 1.10. The van der Waals surface area contributed by atoms with Gasteiger partial charge in [-0.15, -0.1) is 0 Å². The molecule has 0 amide bonds. The first-order valence-electron chi connectivity index (χ1n) is 3.24. The molecule has 0 aromatic carbocycles. The first-order valence-corrected chi connectivity index (χ1v) is 4.13. The van der Waals surface area contributed by atoms with Crippen LogP contribution in [0.1, 0.15) is 0 Å². The Labute approximate surface area is 62.0 Å². The van der Waals surface area contributed by atoms with Gasteiger partial charge < -0.3 is 4.23 Å². The topological polar surface area (TPSA) is 17.8 Å². The highest BCUT2D eigenvalue weighted by atomic mass is 28.2. The molecule has 0 fully saturated rings. The second kappa shape index (κ2) is 1.95. The van der Waals surface area contributed by atoms with E-state index in [1.807, 2.05) is 12.3 Å². The molecule has 0 aliphatic rings. The number of pyridine rings is 1. The van der Waals surface area contributed by atoms with Gasteiger partial charge in [0, 0.05) is 11.6 Å². The van der Waals surface area contributed by atoms with Gasteiger partial charge in [0.2, 0.25) is 0 Å². The highest BCUT2D eigenvalue weighted by Crippen LogP contribution is 2.08. The molecule has 2 rings (SSSR count). The van der Waals surface area contributed by atoms with Crippen molar-refractivity contribution < 1.29 is 0 Å². The number of hydrogen-bond acceptors (Lipinski definition) is 1. The van der Waals surface area contributed by atoms with Crippen molar-refractivity contribution in [3.8, 4) is 0 Å². The largest absolute Gasteiger partial charge is 0.369 e. The van der Waals surface area contributed by atoms with Crippen LogP contribution in [0.5, 0.6) is 0 Å². The smallest absolute Gasteiger partial charge is 0.131 e. The Balaban J connectivity index is 2.93. The highest BCUT2D eigenvalue weighted by Gasteiger charge is 1.93. The molecule has 3 heteroatoms. The molecule has 0 atom stereocenters. The predicted molar refractivity (Wildman–Crippen MR) is 45.1 cm³/mol. The van der Waals surface area contributed by atoms with E-state index in [2.05, 4.69) is 27.5 Å². The second-order valence-corrected chi connectivity index (χ2v) is 3.31. The van der Waals surface area contributed by atoms with E-state index in [0.717, 1.165) is 16.1 Å². The zero-order valence-electron chi connectivity index (χ0n) is 5.78. The molecule has 0 N–H and O–H groups in total. The molecule has 0 aliphatic carbocycles. The van der Waals surface area contributed by atoms with Crippen molar-refractivity contribution >= 4 is 21.4 Å². The van der Waals surface area contributed by atoms with E-state index in [1.165, 1.54) is 5.39 Å². The van der Waals surface area contributed by atoms with Gasteiger partial charge in [-0.3, -0.25) is 0 Å². The van der Waals surface area contributed by atoms with Gasteiger partial charge in [0.15, 0.2) is 0 Å². The summed E-state index contributed by atoms with van der Waals surface area (Å²) < 4.78 is 2.15. The first kappa shape index (κ1) is 5.67. The van der Waals surface area contributed by atoms with Crippen LogP contribution in [0.3, 0.4) is 0 Å². The Kier molecular flexibility index (Phi) is 1.11. The minimum atomic E-state index is 1.01. The highest BCUT2D eigenvalue weighted by molar-refractivity contribution is 6.10. The van der Waals surface area contributed by atoms with E-state index in [0.29, 0.717) is 0 Å². The van der Waals surface area contributed by atoms with Gasteiger partial charge in [0.1, 0.15) is 16.1 Å². The fourth-order valence-corrected chi connectivity index (χ4v) is 1.62. The number of aromatic nitrogens is 2. The molecule has 0 unspecified atom stereocenters. The Morgan fingerprint density at radius 3 is 3.10 bits per heavy atom. The minimum Gasteiger partial charge on any atom is -0.369 e. The number of nitrogens with zero attached hydrogens (tertiary/aromatic N) is 2. The summed E-state index contributed by atoms with van der Waals surface area (Å²) in [4.78, 5) is 4.24. The third-order valence-electron chi connectivity index (χ3n) is 1.63. The van der Waals surface area contributed by atoms with Gasteiger partial charge in [-0.05, 0) is 24.4 Å². The monoisotopic (exact) mass is 148 g/mol. The van der Waals surface area contributed by atoms with Crippen LogP contribution in [0, 0.1) is 0 Å². The maximum atomic E-state index is 4.24. The molecule has 2 heterocycles. The molecule has 2 aromatic rings. The molecule has 0 spiro atoms. The molecule has 0 saturated carbocycles. The van der Waals surface area contributed by atoms with Gasteiger partial charge in [0.25, 0.3) is 0 Å². The average Bonchev–Trinajstić information content (AvgIpc) is 2.34. The normalized spacial score (nSPS) is 10.8. The van der Waals surface area contributed by atoms with Gasteiger partial charge in [0.05, 0.1) is 0 Å². The molecule has 2 nitrogen and oxygen atoms in total. The molecule has 2 aromatic heterocycles. The third kappa shape index (κ3) is 0.674. The Bertz CT molecular complexity index is 353. The Morgan fingerprint density at radius 1 is 1.40 bits per heavy atom. The minimum absolute atomic E-state index is 1.01. The summed E-state index contributed by atoms with van der Waals surface area (Å²) in [6, 6.07) is 6.13. The molecular weight excluding hydrogens is 140 g/mol. The summed E-state index contributed by atoms with van der Waals surface area (Å²) in [6.07, 6.45) is 3.90. The second-order valence-electron chi connectivity index (χ2n) is 2.34. The maximum Gasteiger partial charge on any atom is 0.131 e. The van der Waals surface area contributed by atoms with Gasteiger partial charge in [-0.1, -0.05) is 0 Å². The zero-order chi connectivity index (χ0) is 6.97. The van der Waals surface area contributed by atoms with E-state index in [-0.39, 0.29) is 0 Å². The van der Waals surface area contributed by atoms with Crippen LogP contribution in [-0.4, -0.2) is 19.6 Å². The zero-order valence-corrected chi connectivity index (χ0v) is 7.78. The van der Waals surface area contributed by atoms with Crippen molar-refractivity contribution in [1.29, 1.82) is 0 Å². The van der Waals surface area contributed by atoms with Crippen LogP contribution >= 0.6 is 0 Å². The summed E-state index contributed by atoms with van der Waals surface area (Å²) in [5.41, 5.74) is 1.11. The van der Waals surface area contributed by atoms with Crippen molar-refractivity contribution in [3.05, 3.63) is 30.6 Å². The van der Waals surface area contributed by atoms with Crippen LogP contribution in [0.4, 0.5) is 0 Å². The SMILES string of the molecule is [SiH3]n1ccc2cccnc21. The third-order valence-corrected chi connectivity index (χ3v) is 2.35. The number of hydrogen-bond donors (Lipinski definition) is 0. The van der Waals surface area contributed by atoms with Crippen LogP contribution in [0.2, 0.25) is 0 Å². The summed E-state index contributed by atoms with van der Waals surface area (Å²) in [5.74, 6) is 0. The molecule has 0 radical (unpaired) electrons. The van der Waals surface area contributed by atoms with Crippen molar-refractivity contribution in [2.75, 3.05) is 0 Å². The number of rotatable bonds is 0. The average molecular weight is 148 g/mol. The van der Waals surface area contributed by atoms with Gasteiger partial charge in [-0.25, -0.2) is 4.98 Å². The van der Waals surface area contributed by atoms with Crippen molar-refractivity contribution in [3.63, 3.8) is 0 Å². The van der Waals surface area contributed by atoms with Crippen LogP contribution in [0.25, 0.3) is 11.0 Å². The predicted octanol–water partition coefficient (Wildman–Crippen LogP) is 0.165. The van der Waals surface area contributed by atoms with Crippen molar-refractivity contribution in [2.45, 2.75) is 0 Å². The van der Waals surface area contributed by atoms with Crippen LogP contribution in [0.15, 0.2) is 30.6 Å². The van der Waals surface area contributed by atoms with Crippen molar-refractivity contribution in [2.24, 2.45) is 0 Å². The maximum absolute atomic E-state index is 4.24. The van der Waals surface area contributed by atoms with Crippen LogP contribution in [-0.2, 0) is 0 Å². The van der Waals surface area contributed by atoms with E-state index < -0.39 is 0 Å². The summed E-state index contributed by atoms with van der Waals surface area (Å²) >= 11 is 0. The van der Waals surface area contributed by atoms with E-state index in [1.54, 1.807) is 0 Å². The van der Waals surface area contributed by atoms with E-state index in [4.69, 9.17) is 0 Å². The lowest BCUT2D eigenvalue weighted by Gasteiger charge is -1.91. The van der Waals surface area contributed by atoms with E-state index in [9.17, 15) is 0 Å². The van der Waals surface area contributed by atoms with Crippen LogP contribution < -0.4 is 0 Å². The van der Waals surface area contributed by atoms with Crippen molar-refractivity contribution in [1.82, 2.24) is 9.22 Å². The van der Waals surface area contributed by atoms with E-state index >= 15 is 0 Å². The lowest BCUT2D eigenvalue weighted by Crippen LogP contribution is -1.88. The summed E-state index contributed by atoms with van der Waals surface area (Å²) in [6.45, 7) is 0. The Morgan fingerprint density at radius 2 is 2.30 bits per heavy atom. The summed E-state index contributed by atoms with van der Waals surface area (Å²) in [5, 5.41) is 1.23. The fraction of sp³-hybridized carbons (Fsp3) is 0. The molecule has 50 valence electrons. The Hall–Kier alpha value is -1.09. The standard InChI is InChI=1S/C7H8N2Si/c10-9-5-3-6-2-1-4-8-7(6)9/h1-5H,10H3. The molecule has 0 bridgehead atoms. The number of fused-ring (bicyclic) bond motifs is 1. The molecule has 0 saturated heterocycles. The molecule has 10 heavy (non-hydrogen) atoms. The summed E-state index contributed by atoms with van der Waals surface area (Å²) in [7, 11) is 1.01.